The van der Waals surface area contributed by atoms with E-state index in [0.29, 0.717) is 42.6 Å². The molecular weight excluding hydrogens is 526 g/mol. The second kappa shape index (κ2) is 11.6. The van der Waals surface area contributed by atoms with Crippen LogP contribution in [0.3, 0.4) is 0 Å². The Hall–Kier alpha value is -3.03. The van der Waals surface area contributed by atoms with Crippen molar-refractivity contribution in [3.05, 3.63) is 98.4 Å². The number of aryl methyl sites for hydroxylation is 1. The number of rotatable bonds is 9. The number of hydrogen-bond donors (Lipinski definition) is 0. The summed E-state index contributed by atoms with van der Waals surface area (Å²) in [5.74, 6) is 0.908. The fourth-order valence-electron chi connectivity index (χ4n) is 3.61. The molecule has 1 saturated heterocycles. The van der Waals surface area contributed by atoms with Crippen molar-refractivity contribution >= 4 is 44.9 Å². The lowest BCUT2D eigenvalue weighted by Crippen LogP contribution is -2.30. The Morgan fingerprint density at radius 2 is 1.66 bits per heavy atom. The van der Waals surface area contributed by atoms with Crippen molar-refractivity contribution in [1.29, 1.82) is 0 Å². The quantitative estimate of drug-likeness (QED) is 0.267. The molecule has 1 heterocycles. The van der Waals surface area contributed by atoms with Crippen molar-refractivity contribution < 1.29 is 19.1 Å². The Kier molecular flexibility index (Phi) is 8.31. The van der Waals surface area contributed by atoms with Gasteiger partial charge in [0.15, 0.2) is 11.5 Å². The second-order valence-corrected chi connectivity index (χ2v) is 9.94. The minimum Gasteiger partial charge on any atom is -0.490 e. The highest BCUT2D eigenvalue weighted by Gasteiger charge is 2.34. The van der Waals surface area contributed by atoms with Gasteiger partial charge in [0.1, 0.15) is 6.61 Å². The number of carbonyl (C=O) groups excluding carboxylic acids is 2. The summed E-state index contributed by atoms with van der Waals surface area (Å²) in [6.45, 7) is 5.18. The summed E-state index contributed by atoms with van der Waals surface area (Å²) in [5.41, 5.74) is 4.08. The number of amides is 2. The largest absolute Gasteiger partial charge is 0.490 e. The zero-order chi connectivity index (χ0) is 24.8. The van der Waals surface area contributed by atoms with Crippen LogP contribution >= 0.6 is 27.7 Å². The molecule has 0 aromatic heterocycles. The summed E-state index contributed by atoms with van der Waals surface area (Å²) in [6, 6.07) is 21.7. The van der Waals surface area contributed by atoms with Gasteiger partial charge >= 0.3 is 0 Å². The van der Waals surface area contributed by atoms with E-state index in [1.807, 2.05) is 80.6 Å². The summed E-state index contributed by atoms with van der Waals surface area (Å²) in [4.78, 5) is 27.2. The van der Waals surface area contributed by atoms with Crippen LogP contribution in [-0.2, 0) is 17.8 Å². The van der Waals surface area contributed by atoms with Crippen LogP contribution in [-0.4, -0.2) is 29.2 Å². The topological polar surface area (TPSA) is 55.8 Å². The molecule has 35 heavy (non-hydrogen) atoms. The van der Waals surface area contributed by atoms with Crippen molar-refractivity contribution in [3.63, 3.8) is 0 Å². The van der Waals surface area contributed by atoms with Crippen molar-refractivity contribution in [2.75, 3.05) is 13.2 Å². The standard InChI is InChI=1S/C28H26BrNO4S/c1-3-33-24-15-22(23(29)17-25(24)34-18-21-11-9-19(2)10-12-21)16-26-27(31)30(28(32)35-26)14-13-20-7-5-4-6-8-20/h4-12,15-17H,3,13-14,18H2,1-2H3/b26-16-. The molecule has 4 rings (SSSR count). The van der Waals surface area contributed by atoms with E-state index in [1.54, 1.807) is 6.08 Å². The maximum absolute atomic E-state index is 13.0. The molecule has 0 atom stereocenters. The van der Waals surface area contributed by atoms with Gasteiger partial charge in [0.25, 0.3) is 11.1 Å². The molecular formula is C28H26BrNO4S. The van der Waals surface area contributed by atoms with E-state index in [1.165, 1.54) is 10.5 Å². The van der Waals surface area contributed by atoms with Crippen molar-refractivity contribution in [2.24, 2.45) is 0 Å². The van der Waals surface area contributed by atoms with Gasteiger partial charge in [0, 0.05) is 11.0 Å². The first-order valence-electron chi connectivity index (χ1n) is 11.4. The maximum atomic E-state index is 13.0. The average Bonchev–Trinajstić information content (AvgIpc) is 3.12. The third kappa shape index (κ3) is 6.35. The number of hydrogen-bond acceptors (Lipinski definition) is 5. The van der Waals surface area contributed by atoms with E-state index in [0.717, 1.165) is 32.9 Å². The van der Waals surface area contributed by atoms with Crippen LogP contribution in [0, 0.1) is 6.92 Å². The third-order valence-electron chi connectivity index (χ3n) is 5.50. The van der Waals surface area contributed by atoms with Crippen LogP contribution in [0.2, 0.25) is 0 Å². The summed E-state index contributed by atoms with van der Waals surface area (Å²) >= 11 is 4.55. The number of thioether (sulfide) groups is 1. The molecule has 1 aliphatic heterocycles. The summed E-state index contributed by atoms with van der Waals surface area (Å²) in [5, 5.41) is -0.253. The van der Waals surface area contributed by atoms with E-state index >= 15 is 0 Å². The minimum absolute atomic E-state index is 0.253. The lowest BCUT2D eigenvalue weighted by molar-refractivity contribution is -0.122. The second-order valence-electron chi connectivity index (χ2n) is 8.10. The minimum atomic E-state index is -0.277. The fourth-order valence-corrected chi connectivity index (χ4v) is 4.90. The first-order chi connectivity index (χ1) is 16.9. The zero-order valence-corrected chi connectivity index (χ0v) is 22.0. The predicted octanol–water partition coefficient (Wildman–Crippen LogP) is 7.01. The average molecular weight is 552 g/mol. The molecule has 0 bridgehead atoms. The summed E-state index contributed by atoms with van der Waals surface area (Å²) in [6.07, 6.45) is 2.35. The van der Waals surface area contributed by atoms with Gasteiger partial charge in [-0.15, -0.1) is 0 Å². The molecule has 180 valence electrons. The SMILES string of the molecule is CCOc1cc(/C=C2\SC(=O)N(CCc3ccccc3)C2=O)c(Br)cc1OCc1ccc(C)cc1. The van der Waals surface area contributed by atoms with Gasteiger partial charge in [0.2, 0.25) is 0 Å². The summed E-state index contributed by atoms with van der Waals surface area (Å²) < 4.78 is 12.6. The van der Waals surface area contributed by atoms with E-state index in [4.69, 9.17) is 9.47 Å². The molecule has 2 amide bonds. The summed E-state index contributed by atoms with van der Waals surface area (Å²) in [7, 11) is 0. The van der Waals surface area contributed by atoms with Crippen LogP contribution in [0.5, 0.6) is 11.5 Å². The smallest absolute Gasteiger partial charge is 0.293 e. The highest BCUT2D eigenvalue weighted by Crippen LogP contribution is 2.38. The Morgan fingerprint density at radius 1 is 0.943 bits per heavy atom. The third-order valence-corrected chi connectivity index (χ3v) is 7.10. The van der Waals surface area contributed by atoms with E-state index < -0.39 is 0 Å². The molecule has 0 radical (unpaired) electrons. The Labute approximate surface area is 218 Å². The lowest BCUT2D eigenvalue weighted by Gasteiger charge is -2.14. The number of nitrogens with zero attached hydrogens (tertiary/aromatic N) is 1. The lowest BCUT2D eigenvalue weighted by atomic mass is 10.1. The van der Waals surface area contributed by atoms with Crippen molar-refractivity contribution in [2.45, 2.75) is 26.9 Å². The molecule has 1 fully saturated rings. The first-order valence-corrected chi connectivity index (χ1v) is 13.0. The zero-order valence-electron chi connectivity index (χ0n) is 19.6. The molecule has 0 spiro atoms. The van der Waals surface area contributed by atoms with E-state index in [2.05, 4.69) is 15.9 Å². The van der Waals surface area contributed by atoms with E-state index in [9.17, 15) is 9.59 Å². The number of benzene rings is 3. The van der Waals surface area contributed by atoms with Crippen LogP contribution in [0.4, 0.5) is 4.79 Å². The highest BCUT2D eigenvalue weighted by atomic mass is 79.9. The number of ether oxygens (including phenoxy) is 2. The Balaban J connectivity index is 1.51. The normalized spacial score (nSPS) is 14.6. The van der Waals surface area contributed by atoms with Crippen LogP contribution in [0.15, 0.2) is 76.1 Å². The molecule has 1 aliphatic rings. The van der Waals surface area contributed by atoms with Crippen LogP contribution < -0.4 is 9.47 Å². The molecule has 0 aliphatic carbocycles. The van der Waals surface area contributed by atoms with Gasteiger partial charge in [0.05, 0.1) is 11.5 Å². The number of carbonyl (C=O) groups is 2. The molecule has 0 saturated carbocycles. The van der Waals surface area contributed by atoms with E-state index in [-0.39, 0.29) is 11.1 Å². The van der Waals surface area contributed by atoms with Gasteiger partial charge in [-0.2, -0.15) is 0 Å². The molecule has 0 unspecified atom stereocenters. The van der Waals surface area contributed by atoms with Crippen molar-refractivity contribution in [3.8, 4) is 11.5 Å². The monoisotopic (exact) mass is 551 g/mol. The van der Waals surface area contributed by atoms with Crippen LogP contribution in [0.1, 0.15) is 29.2 Å². The molecule has 0 N–H and O–H groups in total. The van der Waals surface area contributed by atoms with Gasteiger partial charge in [-0.25, -0.2) is 0 Å². The fraction of sp³-hybridized carbons (Fsp3) is 0.214. The van der Waals surface area contributed by atoms with Gasteiger partial charge in [-0.05, 0) is 66.9 Å². The molecule has 7 heteroatoms. The Morgan fingerprint density at radius 3 is 2.37 bits per heavy atom. The van der Waals surface area contributed by atoms with Gasteiger partial charge in [-0.1, -0.05) is 76.1 Å². The maximum Gasteiger partial charge on any atom is 0.293 e. The number of imide groups is 1. The van der Waals surface area contributed by atoms with Gasteiger partial charge in [-0.3, -0.25) is 14.5 Å². The molecule has 5 nitrogen and oxygen atoms in total. The first kappa shape index (κ1) is 25.1. The molecule has 3 aromatic rings. The van der Waals surface area contributed by atoms with Crippen molar-refractivity contribution in [1.82, 2.24) is 4.90 Å². The predicted molar refractivity (Wildman–Crippen MR) is 144 cm³/mol. The highest BCUT2D eigenvalue weighted by molar-refractivity contribution is 9.10. The molecule has 3 aromatic carbocycles. The Bertz CT molecular complexity index is 1240. The number of halogens is 1. The van der Waals surface area contributed by atoms with Gasteiger partial charge < -0.3 is 9.47 Å². The van der Waals surface area contributed by atoms with Crippen LogP contribution in [0.25, 0.3) is 6.08 Å².